The van der Waals surface area contributed by atoms with Gasteiger partial charge < -0.3 is 0 Å². The van der Waals surface area contributed by atoms with Crippen LogP contribution in [0.25, 0.3) is 11.0 Å². The molecule has 0 unspecified atom stereocenters. The Kier molecular flexibility index (Phi) is 2.88. The summed E-state index contributed by atoms with van der Waals surface area (Å²) in [5.41, 5.74) is 2.25. The molecule has 0 saturated carbocycles. The fourth-order valence-corrected chi connectivity index (χ4v) is 1.68. The smallest absolute Gasteiger partial charge is 0.264 e. The molecule has 7 heteroatoms. The van der Waals surface area contributed by atoms with E-state index in [1.165, 1.54) is 0 Å². The Morgan fingerprint density at radius 1 is 1.31 bits per heavy atom. The molecule has 1 aromatic carbocycles. The summed E-state index contributed by atoms with van der Waals surface area (Å²) >= 11 is 0. The molecule has 2 rings (SSSR count). The van der Waals surface area contributed by atoms with Crippen molar-refractivity contribution in [3.05, 3.63) is 23.8 Å². The van der Waals surface area contributed by atoms with Gasteiger partial charge in [0.15, 0.2) is 0 Å². The summed E-state index contributed by atoms with van der Waals surface area (Å²) in [6.07, 6.45) is 1.52. The maximum atomic E-state index is 10.7. The van der Waals surface area contributed by atoms with E-state index in [1.807, 2.05) is 6.07 Å². The number of nitrogens with zero attached hydrogens (tertiary/aromatic N) is 2. The van der Waals surface area contributed by atoms with Crippen LogP contribution < -0.4 is 0 Å². The number of aromatic nitrogens is 2. The molecule has 0 aliphatic carbocycles. The third-order valence-corrected chi connectivity index (χ3v) is 2.60. The summed E-state index contributed by atoms with van der Waals surface area (Å²) in [4.78, 5) is 0. The number of fused-ring (bicyclic) bond motifs is 1. The van der Waals surface area contributed by atoms with Crippen molar-refractivity contribution in [2.24, 2.45) is 0 Å². The number of hydrogen-bond donors (Lipinski definition) is 0. The fraction of sp³-hybridized carbons (Fsp3) is 0.333. The van der Waals surface area contributed by atoms with E-state index >= 15 is 0 Å². The van der Waals surface area contributed by atoms with Crippen LogP contribution in [0.5, 0.6) is 0 Å². The summed E-state index contributed by atoms with van der Waals surface area (Å²) in [7, 11) is -3.37. The van der Waals surface area contributed by atoms with Crippen molar-refractivity contribution in [3.8, 4) is 0 Å². The van der Waals surface area contributed by atoms with Crippen LogP contribution in [0.1, 0.15) is 5.56 Å². The SMILES string of the molecule is CS(=O)(=O)OCCc1ccc2nonc2c1. The zero-order valence-electron chi connectivity index (χ0n) is 8.58. The van der Waals surface area contributed by atoms with Crippen molar-refractivity contribution in [1.82, 2.24) is 10.3 Å². The summed E-state index contributed by atoms with van der Waals surface area (Å²) in [6.45, 7) is 0.121. The van der Waals surface area contributed by atoms with E-state index in [4.69, 9.17) is 0 Å². The highest BCUT2D eigenvalue weighted by molar-refractivity contribution is 7.85. The maximum absolute atomic E-state index is 10.7. The molecule has 1 heterocycles. The van der Waals surface area contributed by atoms with Crippen LogP contribution in [-0.2, 0) is 20.7 Å². The van der Waals surface area contributed by atoms with E-state index in [1.54, 1.807) is 12.1 Å². The normalized spacial score (nSPS) is 12.1. The molecule has 0 fully saturated rings. The van der Waals surface area contributed by atoms with Crippen LogP contribution in [0.4, 0.5) is 0 Å². The van der Waals surface area contributed by atoms with Gasteiger partial charge in [0.25, 0.3) is 10.1 Å². The Labute approximate surface area is 92.3 Å². The van der Waals surface area contributed by atoms with Crippen LogP contribution in [0.2, 0.25) is 0 Å². The van der Waals surface area contributed by atoms with Gasteiger partial charge in [-0.2, -0.15) is 8.42 Å². The van der Waals surface area contributed by atoms with E-state index in [0.717, 1.165) is 11.8 Å². The van der Waals surface area contributed by atoms with Crippen LogP contribution in [0, 0.1) is 0 Å². The topological polar surface area (TPSA) is 82.3 Å². The molecule has 0 radical (unpaired) electrons. The van der Waals surface area contributed by atoms with Gasteiger partial charge in [0.1, 0.15) is 11.0 Å². The lowest BCUT2D eigenvalue weighted by molar-refractivity contribution is 0.315. The number of hydrogen-bond acceptors (Lipinski definition) is 6. The van der Waals surface area contributed by atoms with Gasteiger partial charge in [-0.25, -0.2) is 4.63 Å². The third kappa shape index (κ3) is 2.77. The van der Waals surface area contributed by atoms with Gasteiger partial charge in [-0.1, -0.05) is 6.07 Å². The molecular weight excluding hydrogens is 232 g/mol. The zero-order valence-corrected chi connectivity index (χ0v) is 9.40. The molecule has 0 amide bonds. The first-order chi connectivity index (χ1) is 7.54. The lowest BCUT2D eigenvalue weighted by atomic mass is 10.1. The van der Waals surface area contributed by atoms with Crippen molar-refractivity contribution >= 4 is 21.2 Å². The fourth-order valence-electron chi connectivity index (χ4n) is 1.29. The van der Waals surface area contributed by atoms with Crippen molar-refractivity contribution < 1.29 is 17.2 Å². The van der Waals surface area contributed by atoms with Crippen molar-refractivity contribution in [2.75, 3.05) is 12.9 Å². The largest absolute Gasteiger partial charge is 0.270 e. The molecular formula is C9H10N2O4S. The minimum absolute atomic E-state index is 0.121. The maximum Gasteiger partial charge on any atom is 0.264 e. The predicted molar refractivity (Wildman–Crippen MR) is 56.3 cm³/mol. The standard InChI is InChI=1S/C9H10N2O4S/c1-16(12,13)14-5-4-7-2-3-8-9(6-7)11-15-10-8/h2-3,6H,4-5H2,1H3. The number of benzene rings is 1. The molecule has 6 nitrogen and oxygen atoms in total. The molecule has 0 saturated heterocycles. The van der Waals surface area contributed by atoms with Crippen molar-refractivity contribution in [3.63, 3.8) is 0 Å². The first-order valence-corrected chi connectivity index (χ1v) is 6.42. The molecule has 0 atom stereocenters. The predicted octanol–water partition coefficient (Wildman–Crippen LogP) is 0.742. The van der Waals surface area contributed by atoms with Crippen molar-refractivity contribution in [1.29, 1.82) is 0 Å². The summed E-state index contributed by atoms with van der Waals surface area (Å²) < 4.78 is 30.7. The van der Waals surface area contributed by atoms with Gasteiger partial charge >= 0.3 is 0 Å². The number of rotatable bonds is 4. The molecule has 0 N–H and O–H groups in total. The highest BCUT2D eigenvalue weighted by atomic mass is 32.2. The molecule has 16 heavy (non-hydrogen) atoms. The van der Waals surface area contributed by atoms with E-state index in [0.29, 0.717) is 17.5 Å². The first kappa shape index (κ1) is 11.0. The Bertz CT molecular complexity index is 590. The van der Waals surface area contributed by atoms with E-state index in [2.05, 4.69) is 19.1 Å². The summed E-state index contributed by atoms with van der Waals surface area (Å²) in [5, 5.41) is 7.36. The minimum atomic E-state index is -3.37. The zero-order chi connectivity index (χ0) is 11.6. The molecule has 0 aliphatic heterocycles. The quantitative estimate of drug-likeness (QED) is 0.735. The highest BCUT2D eigenvalue weighted by Gasteiger charge is 2.04. The molecule has 1 aromatic heterocycles. The average molecular weight is 242 g/mol. The first-order valence-electron chi connectivity index (χ1n) is 4.60. The van der Waals surface area contributed by atoms with Crippen LogP contribution in [0.15, 0.2) is 22.8 Å². The monoisotopic (exact) mass is 242 g/mol. The van der Waals surface area contributed by atoms with Gasteiger partial charge in [-0.3, -0.25) is 4.18 Å². The van der Waals surface area contributed by atoms with Gasteiger partial charge in [-0.05, 0) is 34.4 Å². The molecule has 0 spiro atoms. The third-order valence-electron chi connectivity index (χ3n) is 2.01. The van der Waals surface area contributed by atoms with E-state index in [9.17, 15) is 8.42 Å². The van der Waals surface area contributed by atoms with E-state index in [-0.39, 0.29) is 6.61 Å². The second-order valence-electron chi connectivity index (χ2n) is 3.36. The Hall–Kier alpha value is -1.47. The van der Waals surface area contributed by atoms with Crippen molar-refractivity contribution in [2.45, 2.75) is 6.42 Å². The highest BCUT2D eigenvalue weighted by Crippen LogP contribution is 2.12. The molecule has 86 valence electrons. The summed E-state index contributed by atoms with van der Waals surface area (Å²) in [5.74, 6) is 0. The summed E-state index contributed by atoms with van der Waals surface area (Å²) in [6, 6.07) is 5.39. The molecule has 0 aliphatic rings. The average Bonchev–Trinajstić information content (AvgIpc) is 2.62. The Morgan fingerprint density at radius 3 is 2.81 bits per heavy atom. The van der Waals surface area contributed by atoms with E-state index < -0.39 is 10.1 Å². The second-order valence-corrected chi connectivity index (χ2v) is 5.01. The Morgan fingerprint density at radius 2 is 2.06 bits per heavy atom. The lowest BCUT2D eigenvalue weighted by Crippen LogP contribution is -2.06. The van der Waals surface area contributed by atoms with Crippen LogP contribution in [0.3, 0.4) is 0 Å². The molecule has 0 bridgehead atoms. The van der Waals surface area contributed by atoms with Gasteiger partial charge in [0, 0.05) is 0 Å². The second kappa shape index (κ2) is 4.18. The minimum Gasteiger partial charge on any atom is -0.270 e. The van der Waals surface area contributed by atoms with Gasteiger partial charge in [-0.15, -0.1) is 0 Å². The van der Waals surface area contributed by atoms with Crippen LogP contribution in [-0.4, -0.2) is 31.6 Å². The lowest BCUT2D eigenvalue weighted by Gasteiger charge is -2.01. The van der Waals surface area contributed by atoms with Gasteiger partial charge in [0.05, 0.1) is 12.9 Å². The van der Waals surface area contributed by atoms with Crippen LogP contribution >= 0.6 is 0 Å². The van der Waals surface area contributed by atoms with Gasteiger partial charge in [0.2, 0.25) is 0 Å². The Balaban J connectivity index is 2.04. The molecule has 2 aromatic rings.